The molecular formula is C9H9N3O3S. The van der Waals surface area contributed by atoms with Crippen LogP contribution in [0, 0.1) is 0 Å². The first kappa shape index (κ1) is 10.7. The van der Waals surface area contributed by atoms with Gasteiger partial charge in [-0.05, 0) is 19.1 Å². The Morgan fingerprint density at radius 3 is 3.00 bits per heavy atom. The molecule has 2 aromatic heterocycles. The number of hydrogen-bond donors (Lipinski definition) is 1. The average Bonchev–Trinajstić information content (AvgIpc) is 2.85. The molecule has 0 unspecified atom stereocenters. The van der Waals surface area contributed by atoms with E-state index in [4.69, 9.17) is 14.6 Å². The quantitative estimate of drug-likeness (QED) is 0.808. The van der Waals surface area contributed by atoms with Gasteiger partial charge in [-0.15, -0.1) is 10.2 Å². The highest BCUT2D eigenvalue weighted by Crippen LogP contribution is 2.25. The van der Waals surface area contributed by atoms with Gasteiger partial charge < -0.3 is 14.6 Å². The highest BCUT2D eigenvalue weighted by molar-refractivity contribution is 8.00. The largest absolute Gasteiger partial charge is 0.459 e. The number of nitrogens with zero attached hydrogens (tertiary/aromatic N) is 2. The van der Waals surface area contributed by atoms with E-state index in [-0.39, 0.29) is 11.1 Å². The van der Waals surface area contributed by atoms with E-state index in [2.05, 4.69) is 10.2 Å². The number of carbonyl (C=O) groups excluding carboxylic acids is 1. The molecule has 0 fully saturated rings. The Morgan fingerprint density at radius 2 is 2.38 bits per heavy atom. The van der Waals surface area contributed by atoms with Crippen molar-refractivity contribution in [3.05, 3.63) is 18.4 Å². The monoisotopic (exact) mass is 239 g/mol. The SMILES string of the molecule is C[C@H](Sc1nnc(-c2ccco2)o1)C(N)=O. The van der Waals surface area contributed by atoms with Crippen LogP contribution in [0.25, 0.3) is 11.7 Å². The summed E-state index contributed by atoms with van der Waals surface area (Å²) in [6.07, 6.45) is 1.51. The van der Waals surface area contributed by atoms with E-state index in [0.29, 0.717) is 5.76 Å². The maximum absolute atomic E-state index is 10.8. The molecule has 0 aliphatic carbocycles. The van der Waals surface area contributed by atoms with Gasteiger partial charge in [-0.3, -0.25) is 4.79 Å². The van der Waals surface area contributed by atoms with Crippen molar-refractivity contribution in [1.29, 1.82) is 0 Å². The summed E-state index contributed by atoms with van der Waals surface area (Å²) in [6, 6.07) is 3.43. The predicted molar refractivity (Wildman–Crippen MR) is 56.5 cm³/mol. The molecule has 2 heterocycles. The van der Waals surface area contributed by atoms with Crippen molar-refractivity contribution in [2.75, 3.05) is 0 Å². The number of aromatic nitrogens is 2. The lowest BCUT2D eigenvalue weighted by Gasteiger charge is -2.00. The molecular weight excluding hydrogens is 230 g/mol. The summed E-state index contributed by atoms with van der Waals surface area (Å²) in [5.41, 5.74) is 5.12. The zero-order valence-electron chi connectivity index (χ0n) is 8.41. The molecule has 16 heavy (non-hydrogen) atoms. The third kappa shape index (κ3) is 2.25. The Morgan fingerprint density at radius 1 is 1.56 bits per heavy atom. The minimum Gasteiger partial charge on any atom is -0.459 e. The summed E-state index contributed by atoms with van der Waals surface area (Å²) < 4.78 is 10.4. The van der Waals surface area contributed by atoms with Gasteiger partial charge in [0.2, 0.25) is 5.91 Å². The molecule has 0 bridgehead atoms. The second-order valence-electron chi connectivity index (χ2n) is 3.01. The Kier molecular flexibility index (Phi) is 2.95. The molecule has 1 atom stereocenters. The van der Waals surface area contributed by atoms with Gasteiger partial charge in [0.15, 0.2) is 5.76 Å². The van der Waals surface area contributed by atoms with E-state index >= 15 is 0 Å². The maximum atomic E-state index is 10.8. The first-order valence-electron chi connectivity index (χ1n) is 4.50. The summed E-state index contributed by atoms with van der Waals surface area (Å²) in [4.78, 5) is 10.8. The Balaban J connectivity index is 2.11. The van der Waals surface area contributed by atoms with Gasteiger partial charge in [0, 0.05) is 0 Å². The molecule has 6 nitrogen and oxygen atoms in total. The zero-order valence-corrected chi connectivity index (χ0v) is 9.23. The van der Waals surface area contributed by atoms with Gasteiger partial charge in [0.25, 0.3) is 11.1 Å². The number of thioether (sulfide) groups is 1. The average molecular weight is 239 g/mol. The van der Waals surface area contributed by atoms with Crippen LogP contribution in [-0.2, 0) is 4.79 Å². The summed E-state index contributed by atoms with van der Waals surface area (Å²) >= 11 is 1.11. The van der Waals surface area contributed by atoms with Crippen molar-refractivity contribution in [1.82, 2.24) is 10.2 Å². The molecule has 0 aliphatic heterocycles. The molecule has 1 amide bonds. The fraction of sp³-hybridized carbons (Fsp3) is 0.222. The van der Waals surface area contributed by atoms with Gasteiger partial charge in [0.05, 0.1) is 11.5 Å². The lowest BCUT2D eigenvalue weighted by molar-refractivity contribution is -0.117. The summed E-state index contributed by atoms with van der Waals surface area (Å²) in [7, 11) is 0. The van der Waals surface area contributed by atoms with E-state index in [1.54, 1.807) is 19.1 Å². The number of hydrogen-bond acceptors (Lipinski definition) is 6. The van der Waals surface area contributed by atoms with Crippen molar-refractivity contribution >= 4 is 17.7 Å². The summed E-state index contributed by atoms with van der Waals surface area (Å²) in [5, 5.41) is 7.44. The molecule has 0 radical (unpaired) electrons. The molecule has 84 valence electrons. The van der Waals surface area contributed by atoms with Crippen molar-refractivity contribution in [2.45, 2.75) is 17.4 Å². The van der Waals surface area contributed by atoms with Crippen LogP contribution in [0.15, 0.2) is 32.5 Å². The topological polar surface area (TPSA) is 95.2 Å². The number of rotatable bonds is 4. The normalized spacial score (nSPS) is 12.6. The molecule has 0 spiro atoms. The lowest BCUT2D eigenvalue weighted by Crippen LogP contribution is -2.22. The Bertz CT molecular complexity index is 480. The fourth-order valence-electron chi connectivity index (χ4n) is 0.967. The van der Waals surface area contributed by atoms with E-state index in [0.717, 1.165) is 11.8 Å². The van der Waals surface area contributed by atoms with Gasteiger partial charge in [-0.1, -0.05) is 11.8 Å². The second-order valence-corrected chi connectivity index (χ2v) is 4.30. The molecule has 7 heteroatoms. The minimum absolute atomic E-state index is 0.282. The highest BCUT2D eigenvalue weighted by Gasteiger charge is 2.16. The number of carbonyl (C=O) groups is 1. The number of amides is 1. The standard InChI is InChI=1S/C9H9N3O3S/c1-5(7(10)13)16-9-12-11-8(15-9)6-3-2-4-14-6/h2-5H,1H3,(H2,10,13)/t5-/m0/s1. The lowest BCUT2D eigenvalue weighted by atomic mass is 10.5. The van der Waals surface area contributed by atoms with Crippen LogP contribution in [-0.4, -0.2) is 21.4 Å². The van der Waals surface area contributed by atoms with Gasteiger partial charge in [0.1, 0.15) is 0 Å². The molecule has 0 saturated carbocycles. The number of nitrogens with two attached hydrogens (primary N) is 1. The summed E-state index contributed by atoms with van der Waals surface area (Å²) in [5.74, 6) is 0.345. The summed E-state index contributed by atoms with van der Waals surface area (Å²) in [6.45, 7) is 1.67. The molecule has 2 rings (SSSR count). The molecule has 0 aliphatic rings. The third-order valence-electron chi connectivity index (χ3n) is 1.82. The Labute approximate surface area is 95.2 Å². The van der Waals surface area contributed by atoms with Crippen LogP contribution in [0.5, 0.6) is 0 Å². The van der Waals surface area contributed by atoms with Crippen LogP contribution in [0.3, 0.4) is 0 Å². The number of primary amides is 1. The van der Waals surface area contributed by atoms with Crippen molar-refractivity contribution in [2.24, 2.45) is 5.73 Å². The van der Waals surface area contributed by atoms with Gasteiger partial charge >= 0.3 is 0 Å². The van der Waals surface area contributed by atoms with Crippen molar-refractivity contribution in [3.63, 3.8) is 0 Å². The van der Waals surface area contributed by atoms with Gasteiger partial charge in [-0.2, -0.15) is 0 Å². The molecule has 2 aromatic rings. The third-order valence-corrected chi connectivity index (χ3v) is 2.77. The maximum Gasteiger partial charge on any atom is 0.284 e. The fourth-order valence-corrected chi connectivity index (χ4v) is 1.60. The Hall–Kier alpha value is -1.76. The van der Waals surface area contributed by atoms with Crippen LogP contribution in [0.4, 0.5) is 0 Å². The van der Waals surface area contributed by atoms with Crippen LogP contribution in [0.1, 0.15) is 6.92 Å². The van der Waals surface area contributed by atoms with Crippen molar-refractivity contribution < 1.29 is 13.6 Å². The van der Waals surface area contributed by atoms with Crippen LogP contribution < -0.4 is 5.73 Å². The first-order chi connectivity index (χ1) is 7.66. The van der Waals surface area contributed by atoms with Crippen molar-refractivity contribution in [3.8, 4) is 11.7 Å². The van der Waals surface area contributed by atoms with E-state index in [1.807, 2.05) is 0 Å². The van der Waals surface area contributed by atoms with Crippen LogP contribution in [0.2, 0.25) is 0 Å². The smallest absolute Gasteiger partial charge is 0.284 e. The highest BCUT2D eigenvalue weighted by atomic mass is 32.2. The second kappa shape index (κ2) is 4.40. The van der Waals surface area contributed by atoms with E-state index in [9.17, 15) is 4.79 Å². The van der Waals surface area contributed by atoms with Gasteiger partial charge in [-0.25, -0.2) is 0 Å². The van der Waals surface area contributed by atoms with Crippen LogP contribution >= 0.6 is 11.8 Å². The van der Waals surface area contributed by atoms with E-state index in [1.165, 1.54) is 6.26 Å². The zero-order chi connectivity index (χ0) is 11.5. The predicted octanol–water partition coefficient (Wildman–Crippen LogP) is 1.30. The minimum atomic E-state index is -0.428. The van der Waals surface area contributed by atoms with E-state index < -0.39 is 11.2 Å². The molecule has 0 aromatic carbocycles. The number of furan rings is 1. The molecule has 2 N–H and O–H groups in total. The first-order valence-corrected chi connectivity index (χ1v) is 5.38. The molecule has 0 saturated heterocycles.